The van der Waals surface area contributed by atoms with Gasteiger partial charge in [-0.05, 0) is 6.26 Å². The molecule has 0 aliphatic rings. The van der Waals surface area contributed by atoms with E-state index >= 15 is 0 Å². The Kier molecular flexibility index (Phi) is 3.33. The maximum Gasteiger partial charge on any atom is 0.268 e. The molecular formula is C10H10N4OS. The van der Waals surface area contributed by atoms with Gasteiger partial charge in [0.15, 0.2) is 5.69 Å². The van der Waals surface area contributed by atoms with Crippen molar-refractivity contribution in [3.63, 3.8) is 0 Å². The topological polar surface area (TPSA) is 73.9 Å². The fraction of sp³-hybridized carbons (Fsp3) is 0.100. The minimum absolute atomic E-state index is 0.283. The lowest BCUT2D eigenvalue weighted by Gasteiger charge is -2.05. The summed E-state index contributed by atoms with van der Waals surface area (Å²) >= 11 is 1.38. The summed E-state index contributed by atoms with van der Waals surface area (Å²) in [4.78, 5) is 8.84. The molecule has 2 aromatic rings. The van der Waals surface area contributed by atoms with Gasteiger partial charge < -0.3 is 4.84 Å². The third-order valence-corrected chi connectivity index (χ3v) is 2.51. The summed E-state index contributed by atoms with van der Waals surface area (Å²) in [5.74, 6) is 5.45. The second-order valence-corrected chi connectivity index (χ2v) is 3.71. The number of hydrogen-bond acceptors (Lipinski definition) is 6. The van der Waals surface area contributed by atoms with E-state index in [1.807, 2.05) is 36.6 Å². The fourth-order valence-electron chi connectivity index (χ4n) is 1.24. The molecule has 16 heavy (non-hydrogen) atoms. The summed E-state index contributed by atoms with van der Waals surface area (Å²) in [5.41, 5.74) is 1.41. The molecular weight excluding hydrogens is 224 g/mol. The van der Waals surface area contributed by atoms with Gasteiger partial charge in [-0.1, -0.05) is 42.1 Å². The Morgan fingerprint density at radius 1 is 1.19 bits per heavy atom. The Hall–Kier alpha value is -1.66. The lowest BCUT2D eigenvalue weighted by atomic mass is 10.2. The van der Waals surface area contributed by atoms with E-state index in [1.165, 1.54) is 11.8 Å². The monoisotopic (exact) mass is 234 g/mol. The molecule has 0 atom stereocenters. The van der Waals surface area contributed by atoms with Crippen molar-refractivity contribution in [2.75, 3.05) is 6.26 Å². The lowest BCUT2D eigenvalue weighted by molar-refractivity contribution is 0.316. The van der Waals surface area contributed by atoms with Gasteiger partial charge in [0, 0.05) is 5.56 Å². The zero-order valence-electron chi connectivity index (χ0n) is 8.62. The molecule has 1 aromatic heterocycles. The van der Waals surface area contributed by atoms with E-state index in [4.69, 9.17) is 10.7 Å². The molecule has 2 rings (SSSR count). The van der Waals surface area contributed by atoms with E-state index in [2.05, 4.69) is 15.2 Å². The van der Waals surface area contributed by atoms with Crippen LogP contribution in [0.15, 0.2) is 35.5 Å². The van der Waals surface area contributed by atoms with Crippen LogP contribution in [0.5, 0.6) is 5.88 Å². The quantitative estimate of drug-likeness (QED) is 0.641. The molecule has 0 bridgehead atoms. The van der Waals surface area contributed by atoms with Crippen LogP contribution in [0.1, 0.15) is 0 Å². The lowest BCUT2D eigenvalue weighted by Crippen LogP contribution is -2.08. The Bertz CT molecular complexity index is 478. The van der Waals surface area contributed by atoms with Gasteiger partial charge in [-0.2, -0.15) is 10.9 Å². The van der Waals surface area contributed by atoms with Crippen molar-refractivity contribution in [1.82, 2.24) is 15.2 Å². The van der Waals surface area contributed by atoms with Gasteiger partial charge in [0.05, 0.1) is 0 Å². The summed E-state index contributed by atoms with van der Waals surface area (Å²) in [6.45, 7) is 0. The van der Waals surface area contributed by atoms with Crippen molar-refractivity contribution >= 4 is 11.8 Å². The van der Waals surface area contributed by atoms with Crippen LogP contribution in [0.25, 0.3) is 11.3 Å². The predicted octanol–water partition coefficient (Wildman–Crippen LogP) is 1.51. The number of hydrogen-bond donors (Lipinski definition) is 1. The average molecular weight is 234 g/mol. The summed E-state index contributed by atoms with van der Waals surface area (Å²) in [6.07, 6.45) is 1.86. The molecule has 2 N–H and O–H groups in total. The van der Waals surface area contributed by atoms with Crippen molar-refractivity contribution in [1.29, 1.82) is 0 Å². The third-order valence-electron chi connectivity index (χ3n) is 1.98. The van der Waals surface area contributed by atoms with Gasteiger partial charge >= 0.3 is 0 Å². The number of nitrogens with two attached hydrogens (primary N) is 1. The molecule has 0 saturated heterocycles. The van der Waals surface area contributed by atoms with Gasteiger partial charge in [-0.3, -0.25) is 0 Å². The second-order valence-electron chi connectivity index (χ2n) is 2.94. The number of thioether (sulfide) groups is 1. The largest absolute Gasteiger partial charge is 0.389 e. The number of nitrogens with zero attached hydrogens (tertiary/aromatic N) is 3. The minimum atomic E-state index is 0.283. The van der Waals surface area contributed by atoms with E-state index < -0.39 is 0 Å². The minimum Gasteiger partial charge on any atom is -0.389 e. The number of benzene rings is 1. The zero-order chi connectivity index (χ0) is 11.4. The highest BCUT2D eigenvalue weighted by molar-refractivity contribution is 7.98. The maximum atomic E-state index is 5.17. The Labute approximate surface area is 97.0 Å². The van der Waals surface area contributed by atoms with Crippen molar-refractivity contribution in [3.8, 4) is 17.1 Å². The van der Waals surface area contributed by atoms with Gasteiger partial charge in [0.25, 0.3) is 5.88 Å². The molecule has 82 valence electrons. The molecule has 0 spiro atoms. The van der Waals surface area contributed by atoms with Crippen LogP contribution < -0.4 is 10.7 Å². The summed E-state index contributed by atoms with van der Waals surface area (Å²) in [7, 11) is 0. The molecule has 5 nitrogen and oxygen atoms in total. The molecule has 1 aromatic carbocycles. The predicted molar refractivity (Wildman–Crippen MR) is 61.9 cm³/mol. The number of aromatic nitrogens is 3. The third kappa shape index (κ3) is 2.12. The van der Waals surface area contributed by atoms with Crippen molar-refractivity contribution < 1.29 is 4.84 Å². The highest BCUT2D eigenvalue weighted by atomic mass is 32.2. The van der Waals surface area contributed by atoms with Crippen LogP contribution >= 0.6 is 11.8 Å². The van der Waals surface area contributed by atoms with E-state index in [0.717, 1.165) is 5.56 Å². The van der Waals surface area contributed by atoms with Crippen LogP contribution in [-0.4, -0.2) is 21.4 Å². The van der Waals surface area contributed by atoms with Crippen LogP contribution in [0, 0.1) is 0 Å². The Balaban J connectivity index is 2.49. The van der Waals surface area contributed by atoms with Crippen LogP contribution in [-0.2, 0) is 0 Å². The summed E-state index contributed by atoms with van der Waals surface area (Å²) < 4.78 is 0. The highest BCUT2D eigenvalue weighted by Gasteiger charge is 2.11. The highest BCUT2D eigenvalue weighted by Crippen LogP contribution is 2.25. The Morgan fingerprint density at radius 3 is 2.56 bits per heavy atom. The first kappa shape index (κ1) is 10.8. The maximum absolute atomic E-state index is 5.17. The smallest absolute Gasteiger partial charge is 0.268 e. The molecule has 1 heterocycles. The first-order valence-corrected chi connectivity index (χ1v) is 5.78. The van der Waals surface area contributed by atoms with Gasteiger partial charge in [-0.25, -0.2) is 0 Å². The van der Waals surface area contributed by atoms with Gasteiger partial charge in [-0.15, -0.1) is 10.2 Å². The zero-order valence-corrected chi connectivity index (χ0v) is 9.44. The van der Waals surface area contributed by atoms with Gasteiger partial charge in [0.2, 0.25) is 5.16 Å². The molecule has 0 radical (unpaired) electrons. The summed E-state index contributed by atoms with van der Waals surface area (Å²) in [5, 5.41) is 8.53. The van der Waals surface area contributed by atoms with Crippen molar-refractivity contribution in [2.45, 2.75) is 5.16 Å². The van der Waals surface area contributed by atoms with E-state index in [-0.39, 0.29) is 5.88 Å². The second kappa shape index (κ2) is 4.91. The van der Waals surface area contributed by atoms with Crippen LogP contribution in [0.2, 0.25) is 0 Å². The molecule has 0 aliphatic heterocycles. The van der Waals surface area contributed by atoms with E-state index in [9.17, 15) is 0 Å². The molecule has 0 fully saturated rings. The standard InChI is InChI=1S/C10H10N4OS/c1-16-10-12-9(15-11)8(13-14-10)7-5-3-2-4-6-7/h2-6H,11H2,1H3. The SMILES string of the molecule is CSc1nnc(-c2ccccc2)c(ON)n1. The van der Waals surface area contributed by atoms with E-state index in [1.54, 1.807) is 0 Å². The first-order valence-electron chi connectivity index (χ1n) is 4.56. The molecule has 0 amide bonds. The summed E-state index contributed by atoms with van der Waals surface area (Å²) in [6, 6.07) is 9.52. The fourth-order valence-corrected chi connectivity index (χ4v) is 1.54. The van der Waals surface area contributed by atoms with Crippen molar-refractivity contribution in [2.24, 2.45) is 5.90 Å². The first-order chi connectivity index (χ1) is 7.85. The average Bonchev–Trinajstić information content (AvgIpc) is 2.39. The van der Waals surface area contributed by atoms with Crippen LogP contribution in [0.4, 0.5) is 0 Å². The Morgan fingerprint density at radius 2 is 1.94 bits per heavy atom. The normalized spacial score (nSPS) is 10.1. The number of rotatable bonds is 3. The molecule has 6 heteroatoms. The van der Waals surface area contributed by atoms with Crippen LogP contribution in [0.3, 0.4) is 0 Å². The van der Waals surface area contributed by atoms with E-state index in [0.29, 0.717) is 10.9 Å². The molecule has 0 saturated carbocycles. The van der Waals surface area contributed by atoms with Crippen molar-refractivity contribution in [3.05, 3.63) is 30.3 Å². The molecule has 0 aliphatic carbocycles. The molecule has 0 unspecified atom stereocenters. The van der Waals surface area contributed by atoms with Gasteiger partial charge in [0.1, 0.15) is 0 Å².